The first-order valence-electron chi connectivity index (χ1n) is 5.96. The summed E-state index contributed by atoms with van der Waals surface area (Å²) in [5, 5.41) is 1.47. The Balaban J connectivity index is 2.08. The third kappa shape index (κ3) is 3.62. The van der Waals surface area contributed by atoms with E-state index in [4.69, 9.17) is 11.6 Å². The highest BCUT2D eigenvalue weighted by atomic mass is 79.9. The summed E-state index contributed by atoms with van der Waals surface area (Å²) in [4.78, 5) is 2.16. The minimum Gasteiger partial charge on any atom is -0.369 e. The van der Waals surface area contributed by atoms with Gasteiger partial charge in [0.05, 0.1) is 6.26 Å². The predicted octanol–water partition coefficient (Wildman–Crippen LogP) is 2.32. The van der Waals surface area contributed by atoms with E-state index < -0.39 is 10.0 Å². The Labute approximate surface area is 127 Å². The fourth-order valence-electron chi connectivity index (χ4n) is 2.12. The van der Waals surface area contributed by atoms with Crippen LogP contribution in [0.1, 0.15) is 5.56 Å². The molecule has 19 heavy (non-hydrogen) atoms. The largest absolute Gasteiger partial charge is 0.369 e. The highest BCUT2D eigenvalue weighted by Gasteiger charge is 2.23. The number of benzene rings is 1. The van der Waals surface area contributed by atoms with Crippen LogP contribution in [0.5, 0.6) is 0 Å². The maximum atomic E-state index is 11.4. The number of piperazine rings is 1. The lowest BCUT2D eigenvalue weighted by molar-refractivity contribution is 0.388. The molecule has 0 aliphatic carbocycles. The maximum absolute atomic E-state index is 11.4. The Morgan fingerprint density at radius 1 is 1.26 bits per heavy atom. The van der Waals surface area contributed by atoms with Gasteiger partial charge in [0.1, 0.15) is 0 Å². The minimum absolute atomic E-state index is 0.524. The molecule has 7 heteroatoms. The number of hydrogen-bond acceptors (Lipinski definition) is 3. The summed E-state index contributed by atoms with van der Waals surface area (Å²) >= 11 is 9.57. The van der Waals surface area contributed by atoms with E-state index in [0.29, 0.717) is 26.2 Å². The first kappa shape index (κ1) is 15.1. The molecule has 1 aliphatic rings. The summed E-state index contributed by atoms with van der Waals surface area (Å²) in [6, 6.07) is 5.96. The number of alkyl halides is 1. The molecule has 0 N–H and O–H groups in total. The van der Waals surface area contributed by atoms with Gasteiger partial charge in [0.15, 0.2) is 0 Å². The molecule has 1 saturated heterocycles. The van der Waals surface area contributed by atoms with Crippen LogP contribution in [0.15, 0.2) is 18.2 Å². The van der Waals surface area contributed by atoms with Crippen LogP contribution in [0.2, 0.25) is 5.02 Å². The second-order valence-corrected chi connectivity index (χ2v) is 7.51. The van der Waals surface area contributed by atoms with Crippen molar-refractivity contribution in [1.29, 1.82) is 0 Å². The molecule has 1 heterocycles. The Morgan fingerprint density at radius 2 is 1.89 bits per heavy atom. The summed E-state index contributed by atoms with van der Waals surface area (Å²) < 4.78 is 24.4. The molecule has 1 aliphatic heterocycles. The fourth-order valence-corrected chi connectivity index (χ4v) is 3.84. The Morgan fingerprint density at radius 3 is 2.37 bits per heavy atom. The molecule has 0 amide bonds. The van der Waals surface area contributed by atoms with Crippen molar-refractivity contribution in [3.05, 3.63) is 28.8 Å². The van der Waals surface area contributed by atoms with Crippen molar-refractivity contribution in [3.63, 3.8) is 0 Å². The summed E-state index contributed by atoms with van der Waals surface area (Å²) in [5.41, 5.74) is 2.10. The summed E-state index contributed by atoms with van der Waals surface area (Å²) in [6.07, 6.45) is 1.25. The van der Waals surface area contributed by atoms with Gasteiger partial charge in [-0.1, -0.05) is 33.6 Å². The highest BCUT2D eigenvalue weighted by molar-refractivity contribution is 9.08. The van der Waals surface area contributed by atoms with Crippen LogP contribution in [0.3, 0.4) is 0 Å². The van der Waals surface area contributed by atoms with Crippen LogP contribution in [-0.2, 0) is 15.4 Å². The quantitative estimate of drug-likeness (QED) is 0.770. The van der Waals surface area contributed by atoms with E-state index in [0.717, 1.165) is 21.6 Å². The summed E-state index contributed by atoms with van der Waals surface area (Å²) in [7, 11) is -3.08. The Hall–Kier alpha value is -0.300. The molecular formula is C12H16BrClN2O2S. The van der Waals surface area contributed by atoms with E-state index in [1.807, 2.05) is 18.2 Å². The van der Waals surface area contributed by atoms with E-state index in [1.165, 1.54) is 10.6 Å². The summed E-state index contributed by atoms with van der Waals surface area (Å²) in [5.74, 6) is 0. The van der Waals surface area contributed by atoms with Crippen molar-refractivity contribution in [2.75, 3.05) is 37.3 Å². The molecule has 1 aromatic rings. The highest BCUT2D eigenvalue weighted by Crippen LogP contribution is 2.26. The van der Waals surface area contributed by atoms with Crippen LogP contribution in [-0.4, -0.2) is 45.2 Å². The SMILES string of the molecule is CS(=O)(=O)N1CCN(c2ccc(CBr)c(Cl)c2)CC1. The van der Waals surface area contributed by atoms with Gasteiger partial charge in [-0.3, -0.25) is 0 Å². The van der Waals surface area contributed by atoms with E-state index in [1.54, 1.807) is 0 Å². The molecule has 0 unspecified atom stereocenters. The van der Waals surface area contributed by atoms with Crippen LogP contribution in [0.4, 0.5) is 5.69 Å². The number of sulfonamides is 1. The van der Waals surface area contributed by atoms with E-state index in [9.17, 15) is 8.42 Å². The van der Waals surface area contributed by atoms with Crippen molar-refractivity contribution >= 4 is 43.2 Å². The Bertz CT molecular complexity index is 557. The van der Waals surface area contributed by atoms with Gasteiger partial charge in [-0.05, 0) is 17.7 Å². The molecule has 0 saturated carbocycles. The second kappa shape index (κ2) is 5.99. The lowest BCUT2D eigenvalue weighted by atomic mass is 10.2. The third-order valence-corrected chi connectivity index (χ3v) is 5.51. The number of nitrogens with zero attached hydrogens (tertiary/aromatic N) is 2. The molecule has 0 radical (unpaired) electrons. The van der Waals surface area contributed by atoms with Crippen molar-refractivity contribution in [1.82, 2.24) is 4.31 Å². The van der Waals surface area contributed by atoms with Crippen molar-refractivity contribution in [2.45, 2.75) is 5.33 Å². The normalized spacial score (nSPS) is 17.7. The zero-order chi connectivity index (χ0) is 14.0. The molecule has 0 aromatic heterocycles. The van der Waals surface area contributed by atoms with Crippen molar-refractivity contribution < 1.29 is 8.42 Å². The molecule has 0 atom stereocenters. The number of halogens is 2. The smallest absolute Gasteiger partial charge is 0.211 e. The van der Waals surface area contributed by atoms with E-state index in [2.05, 4.69) is 20.8 Å². The first-order valence-corrected chi connectivity index (χ1v) is 9.31. The molecule has 106 valence electrons. The standard InChI is InChI=1S/C12H16BrClN2O2S/c1-19(17,18)16-6-4-15(5-7-16)11-3-2-10(9-13)12(14)8-11/h2-3,8H,4-7,9H2,1H3. The molecule has 0 bridgehead atoms. The van der Waals surface area contributed by atoms with Gasteiger partial charge in [-0.25, -0.2) is 8.42 Å². The van der Waals surface area contributed by atoms with E-state index >= 15 is 0 Å². The van der Waals surface area contributed by atoms with Gasteiger partial charge in [-0.15, -0.1) is 0 Å². The molecule has 1 fully saturated rings. The van der Waals surface area contributed by atoms with Crippen LogP contribution < -0.4 is 4.90 Å². The average Bonchev–Trinajstić information content (AvgIpc) is 2.38. The van der Waals surface area contributed by atoms with Crippen LogP contribution in [0, 0.1) is 0 Å². The third-order valence-electron chi connectivity index (χ3n) is 3.25. The lowest BCUT2D eigenvalue weighted by Crippen LogP contribution is -2.48. The monoisotopic (exact) mass is 366 g/mol. The summed E-state index contributed by atoms with van der Waals surface area (Å²) in [6.45, 7) is 2.43. The average molecular weight is 368 g/mol. The van der Waals surface area contributed by atoms with Gasteiger partial charge in [0, 0.05) is 42.2 Å². The van der Waals surface area contributed by atoms with Crippen molar-refractivity contribution in [2.24, 2.45) is 0 Å². The first-order chi connectivity index (χ1) is 8.91. The predicted molar refractivity (Wildman–Crippen MR) is 82.7 cm³/mol. The lowest BCUT2D eigenvalue weighted by Gasteiger charge is -2.34. The molecule has 2 rings (SSSR count). The van der Waals surface area contributed by atoms with Gasteiger partial charge < -0.3 is 4.90 Å². The topological polar surface area (TPSA) is 40.6 Å². The molecule has 0 spiro atoms. The maximum Gasteiger partial charge on any atom is 0.211 e. The van der Waals surface area contributed by atoms with Crippen LogP contribution in [0.25, 0.3) is 0 Å². The Kier molecular flexibility index (Phi) is 4.76. The minimum atomic E-state index is -3.08. The molecule has 4 nitrogen and oxygen atoms in total. The molecular weight excluding hydrogens is 352 g/mol. The number of rotatable bonds is 3. The molecule has 1 aromatic carbocycles. The van der Waals surface area contributed by atoms with E-state index in [-0.39, 0.29) is 0 Å². The number of hydrogen-bond donors (Lipinski definition) is 0. The van der Waals surface area contributed by atoms with Gasteiger partial charge in [-0.2, -0.15) is 4.31 Å². The number of anilines is 1. The van der Waals surface area contributed by atoms with Crippen LogP contribution >= 0.6 is 27.5 Å². The fraction of sp³-hybridized carbons (Fsp3) is 0.500. The van der Waals surface area contributed by atoms with Gasteiger partial charge >= 0.3 is 0 Å². The van der Waals surface area contributed by atoms with Gasteiger partial charge in [0.2, 0.25) is 10.0 Å². The van der Waals surface area contributed by atoms with Crippen molar-refractivity contribution in [3.8, 4) is 0 Å². The zero-order valence-electron chi connectivity index (χ0n) is 10.6. The van der Waals surface area contributed by atoms with Gasteiger partial charge in [0.25, 0.3) is 0 Å². The zero-order valence-corrected chi connectivity index (χ0v) is 13.8. The second-order valence-electron chi connectivity index (χ2n) is 4.56.